The molecule has 1 saturated heterocycles. The van der Waals surface area contributed by atoms with Crippen LogP contribution in [0.25, 0.3) is 6.08 Å². The van der Waals surface area contributed by atoms with Crippen molar-refractivity contribution in [3.8, 4) is 11.5 Å². The van der Waals surface area contributed by atoms with E-state index in [2.05, 4.69) is 5.32 Å². The van der Waals surface area contributed by atoms with Crippen LogP contribution in [0.4, 0.5) is 17.1 Å². The smallest absolute Gasteiger partial charge is 0.271 e. The zero-order valence-corrected chi connectivity index (χ0v) is 25.7. The van der Waals surface area contributed by atoms with Crippen molar-refractivity contribution in [2.24, 2.45) is 4.99 Å². The summed E-state index contributed by atoms with van der Waals surface area (Å²) >= 11 is 14.1. The maximum atomic E-state index is 13.7. The number of carbonyl (C=O) groups excluding carboxylic acids is 2. The Morgan fingerprint density at radius 3 is 2.37 bits per heavy atom. The van der Waals surface area contributed by atoms with Gasteiger partial charge in [0.25, 0.3) is 11.8 Å². The van der Waals surface area contributed by atoms with Gasteiger partial charge in [0.1, 0.15) is 0 Å². The lowest BCUT2D eigenvalue weighted by molar-refractivity contribution is -0.118. The molecule has 5 rings (SSSR count). The Hall–Kier alpha value is -4.24. The number of hydrogen-bond donors (Lipinski definition) is 1. The molecule has 0 aliphatic carbocycles. The zero-order valence-electron chi connectivity index (χ0n) is 23.3. The summed E-state index contributed by atoms with van der Waals surface area (Å²) in [4.78, 5) is 33.0. The molecule has 0 spiro atoms. The predicted molar refractivity (Wildman–Crippen MR) is 176 cm³/mol. The van der Waals surface area contributed by atoms with Crippen LogP contribution in [0.1, 0.15) is 18.1 Å². The minimum atomic E-state index is -0.385. The van der Waals surface area contributed by atoms with Crippen LogP contribution in [-0.4, -0.2) is 30.2 Å². The molecule has 10 heteroatoms. The molecule has 1 heterocycles. The Kier molecular flexibility index (Phi) is 9.72. The van der Waals surface area contributed by atoms with Crippen LogP contribution in [0, 0.1) is 6.92 Å². The lowest BCUT2D eigenvalue weighted by Crippen LogP contribution is -2.28. The summed E-state index contributed by atoms with van der Waals surface area (Å²) in [5.41, 5.74) is 3.54. The lowest BCUT2D eigenvalue weighted by Gasteiger charge is -2.15. The quantitative estimate of drug-likeness (QED) is 0.187. The number of aliphatic imine (C=N–C) groups is 1. The fraction of sp³-hybridized carbons (Fsp3) is 0.121. The third kappa shape index (κ3) is 7.40. The van der Waals surface area contributed by atoms with E-state index in [9.17, 15) is 9.59 Å². The number of carbonyl (C=O) groups is 2. The largest absolute Gasteiger partial charge is 0.490 e. The summed E-state index contributed by atoms with van der Waals surface area (Å²) in [7, 11) is 0. The highest BCUT2D eigenvalue weighted by molar-refractivity contribution is 8.19. The third-order valence-corrected chi connectivity index (χ3v) is 7.89. The van der Waals surface area contributed by atoms with E-state index in [1.807, 2.05) is 80.6 Å². The molecule has 1 N–H and O–H groups in total. The predicted octanol–water partition coefficient (Wildman–Crippen LogP) is 8.53. The lowest BCUT2D eigenvalue weighted by atomic mass is 10.1. The van der Waals surface area contributed by atoms with Gasteiger partial charge in [-0.05, 0) is 91.3 Å². The van der Waals surface area contributed by atoms with Gasteiger partial charge in [-0.3, -0.25) is 14.5 Å². The number of aryl methyl sites for hydroxylation is 1. The van der Waals surface area contributed by atoms with Crippen molar-refractivity contribution < 1.29 is 19.1 Å². The first-order valence-corrected chi connectivity index (χ1v) is 15.0. The van der Waals surface area contributed by atoms with Gasteiger partial charge in [-0.1, -0.05) is 65.7 Å². The molecular formula is C33H27Cl2N3O4S. The molecule has 0 saturated carbocycles. The monoisotopic (exact) mass is 631 g/mol. The second-order valence-electron chi connectivity index (χ2n) is 9.38. The number of thioether (sulfide) groups is 1. The average molecular weight is 633 g/mol. The van der Waals surface area contributed by atoms with Gasteiger partial charge in [0.05, 0.1) is 27.9 Å². The molecule has 7 nitrogen and oxygen atoms in total. The SMILES string of the molecule is CCOc1cc(/C=C2\SC(=Nc3ccccc3)N(c3ccccc3)C2=O)cc(Cl)c1OCC(=O)Nc1ccc(C)c(Cl)c1. The van der Waals surface area contributed by atoms with Crippen molar-refractivity contribution in [3.05, 3.63) is 117 Å². The first-order chi connectivity index (χ1) is 20.8. The Morgan fingerprint density at radius 1 is 0.953 bits per heavy atom. The first kappa shape index (κ1) is 30.2. The van der Waals surface area contributed by atoms with Crippen molar-refractivity contribution >= 4 is 75.1 Å². The number of para-hydroxylation sites is 2. The standard InChI is InChI=1S/C33H27Cl2N3O4S/c1-3-41-28-17-22(16-27(35)31(28)42-20-30(39)36-24-15-14-21(2)26(34)19-24)18-29-32(40)38(25-12-8-5-9-13-25)33(43-29)37-23-10-6-4-7-11-23/h4-19H,3,20H2,1-2H3,(H,36,39)/b29-18-,37-33?. The van der Waals surface area contributed by atoms with Gasteiger partial charge in [0.15, 0.2) is 23.3 Å². The molecule has 4 aromatic rings. The topological polar surface area (TPSA) is 80.2 Å². The van der Waals surface area contributed by atoms with Crippen molar-refractivity contribution in [2.75, 3.05) is 23.4 Å². The van der Waals surface area contributed by atoms with E-state index in [1.54, 1.807) is 35.2 Å². The van der Waals surface area contributed by atoms with Crippen LogP contribution in [0.15, 0.2) is 101 Å². The van der Waals surface area contributed by atoms with Gasteiger partial charge in [-0.2, -0.15) is 0 Å². The Morgan fingerprint density at radius 2 is 1.67 bits per heavy atom. The number of ether oxygens (including phenoxy) is 2. The number of anilines is 2. The van der Waals surface area contributed by atoms with E-state index < -0.39 is 0 Å². The molecule has 1 aliphatic heterocycles. The number of amidine groups is 1. The summed E-state index contributed by atoms with van der Waals surface area (Å²) in [6.07, 6.45) is 1.74. The number of nitrogens with zero attached hydrogens (tertiary/aromatic N) is 2. The molecule has 1 fully saturated rings. The van der Waals surface area contributed by atoms with Gasteiger partial charge >= 0.3 is 0 Å². The van der Waals surface area contributed by atoms with Gasteiger partial charge in [0, 0.05) is 10.7 Å². The fourth-order valence-electron chi connectivity index (χ4n) is 4.20. The highest BCUT2D eigenvalue weighted by Crippen LogP contribution is 2.41. The second-order valence-corrected chi connectivity index (χ2v) is 11.2. The highest BCUT2D eigenvalue weighted by Gasteiger charge is 2.34. The van der Waals surface area contributed by atoms with Crippen LogP contribution >= 0.6 is 35.0 Å². The van der Waals surface area contributed by atoms with E-state index in [0.717, 1.165) is 11.3 Å². The van der Waals surface area contributed by atoms with Crippen LogP contribution in [0.3, 0.4) is 0 Å². The fourth-order valence-corrected chi connectivity index (χ4v) is 5.65. The molecule has 0 atom stereocenters. The molecule has 0 radical (unpaired) electrons. The summed E-state index contributed by atoms with van der Waals surface area (Å²) in [6.45, 7) is 3.75. The van der Waals surface area contributed by atoms with Crippen LogP contribution in [-0.2, 0) is 9.59 Å². The number of amides is 2. The molecule has 0 unspecified atom stereocenters. The van der Waals surface area contributed by atoms with Gasteiger partial charge < -0.3 is 14.8 Å². The number of benzene rings is 4. The zero-order chi connectivity index (χ0) is 30.3. The maximum Gasteiger partial charge on any atom is 0.271 e. The van der Waals surface area contributed by atoms with Crippen molar-refractivity contribution in [3.63, 3.8) is 0 Å². The minimum absolute atomic E-state index is 0.215. The molecule has 1 aliphatic rings. The summed E-state index contributed by atoms with van der Waals surface area (Å²) < 4.78 is 11.6. The molecular weight excluding hydrogens is 605 g/mol. The molecule has 0 bridgehead atoms. The molecule has 0 aromatic heterocycles. The van der Waals surface area contributed by atoms with Gasteiger partial charge in [0.2, 0.25) is 0 Å². The van der Waals surface area contributed by atoms with Crippen LogP contribution in [0.2, 0.25) is 10.0 Å². The van der Waals surface area contributed by atoms with Crippen molar-refractivity contribution in [1.29, 1.82) is 0 Å². The van der Waals surface area contributed by atoms with E-state index in [4.69, 9.17) is 37.7 Å². The van der Waals surface area contributed by atoms with Gasteiger partial charge in [-0.15, -0.1) is 0 Å². The number of rotatable bonds is 9. The average Bonchev–Trinajstić information content (AvgIpc) is 3.29. The Labute approximate surface area is 264 Å². The molecule has 2 amide bonds. The Balaban J connectivity index is 1.39. The molecule has 4 aromatic carbocycles. The minimum Gasteiger partial charge on any atom is -0.490 e. The van der Waals surface area contributed by atoms with E-state index in [-0.39, 0.29) is 29.2 Å². The van der Waals surface area contributed by atoms with E-state index in [1.165, 1.54) is 11.8 Å². The van der Waals surface area contributed by atoms with Crippen LogP contribution < -0.4 is 19.7 Å². The van der Waals surface area contributed by atoms with Crippen molar-refractivity contribution in [1.82, 2.24) is 0 Å². The summed E-state index contributed by atoms with van der Waals surface area (Å²) in [5, 5.41) is 4.07. The van der Waals surface area contributed by atoms with Crippen molar-refractivity contribution in [2.45, 2.75) is 13.8 Å². The van der Waals surface area contributed by atoms with Gasteiger partial charge in [-0.25, -0.2) is 4.99 Å². The molecule has 43 heavy (non-hydrogen) atoms. The van der Waals surface area contributed by atoms with E-state index in [0.29, 0.717) is 44.4 Å². The third-order valence-electron chi connectivity index (χ3n) is 6.23. The number of halogens is 2. The van der Waals surface area contributed by atoms with Crippen LogP contribution in [0.5, 0.6) is 11.5 Å². The maximum absolute atomic E-state index is 13.7. The summed E-state index contributed by atoms with van der Waals surface area (Å²) in [5.74, 6) is -0.0241. The normalized spacial score (nSPS) is 14.8. The number of hydrogen-bond acceptors (Lipinski definition) is 6. The molecule has 218 valence electrons. The van der Waals surface area contributed by atoms with E-state index >= 15 is 0 Å². The second kappa shape index (κ2) is 13.8. The summed E-state index contributed by atoms with van der Waals surface area (Å²) in [6, 6.07) is 27.5. The highest BCUT2D eigenvalue weighted by atomic mass is 35.5. The Bertz CT molecular complexity index is 1710. The first-order valence-electron chi connectivity index (χ1n) is 13.4. The number of nitrogens with one attached hydrogen (secondary N) is 1.